The molecule has 0 fully saturated rings. The minimum Gasteiger partial charge on any atom is -0.497 e. The SMILES string of the molecule is COc1ccc(N)c(Sc2ccc(F)cc2)c1. The van der Waals surface area contributed by atoms with Crippen molar-refractivity contribution in [3.8, 4) is 5.75 Å². The molecule has 0 amide bonds. The third-order valence-electron chi connectivity index (χ3n) is 2.26. The molecule has 2 aromatic rings. The van der Waals surface area contributed by atoms with Crippen molar-refractivity contribution >= 4 is 17.4 Å². The van der Waals surface area contributed by atoms with Crippen LogP contribution in [0.2, 0.25) is 0 Å². The summed E-state index contributed by atoms with van der Waals surface area (Å²) in [4.78, 5) is 1.84. The molecule has 2 N–H and O–H groups in total. The maximum atomic E-state index is 12.8. The highest BCUT2D eigenvalue weighted by Crippen LogP contribution is 2.34. The molecule has 2 aromatic carbocycles. The van der Waals surface area contributed by atoms with Crippen molar-refractivity contribution in [2.24, 2.45) is 0 Å². The first-order valence-corrected chi connectivity index (χ1v) is 5.87. The fourth-order valence-electron chi connectivity index (χ4n) is 1.36. The van der Waals surface area contributed by atoms with Gasteiger partial charge in [0.2, 0.25) is 0 Å². The molecule has 0 aliphatic carbocycles. The van der Waals surface area contributed by atoms with E-state index >= 15 is 0 Å². The molecule has 0 saturated heterocycles. The Balaban J connectivity index is 2.25. The zero-order valence-electron chi connectivity index (χ0n) is 9.31. The van der Waals surface area contributed by atoms with Gasteiger partial charge in [-0.3, -0.25) is 0 Å². The molecule has 0 heterocycles. The first-order chi connectivity index (χ1) is 8.19. The fourth-order valence-corrected chi connectivity index (χ4v) is 2.25. The van der Waals surface area contributed by atoms with Crippen molar-refractivity contribution in [2.75, 3.05) is 12.8 Å². The molecule has 0 unspecified atom stereocenters. The van der Waals surface area contributed by atoms with Gasteiger partial charge in [0.15, 0.2) is 0 Å². The highest BCUT2D eigenvalue weighted by atomic mass is 32.2. The van der Waals surface area contributed by atoms with Gasteiger partial charge >= 0.3 is 0 Å². The highest BCUT2D eigenvalue weighted by Gasteiger charge is 2.04. The quantitative estimate of drug-likeness (QED) is 0.845. The Hall–Kier alpha value is -1.68. The number of methoxy groups -OCH3 is 1. The summed E-state index contributed by atoms with van der Waals surface area (Å²) in [6, 6.07) is 11.8. The zero-order chi connectivity index (χ0) is 12.3. The number of hydrogen-bond acceptors (Lipinski definition) is 3. The molecule has 88 valence electrons. The molecule has 0 bridgehead atoms. The van der Waals surface area contributed by atoms with Gasteiger partial charge in [0, 0.05) is 15.5 Å². The molecule has 0 radical (unpaired) electrons. The second-order valence-corrected chi connectivity index (χ2v) is 4.58. The summed E-state index contributed by atoms with van der Waals surface area (Å²) in [5.41, 5.74) is 6.55. The van der Waals surface area contributed by atoms with Gasteiger partial charge in [-0.25, -0.2) is 4.39 Å². The van der Waals surface area contributed by atoms with Crippen LogP contribution in [-0.4, -0.2) is 7.11 Å². The lowest BCUT2D eigenvalue weighted by Crippen LogP contribution is -1.90. The van der Waals surface area contributed by atoms with Crippen LogP contribution in [0.15, 0.2) is 52.3 Å². The van der Waals surface area contributed by atoms with Crippen molar-refractivity contribution in [3.63, 3.8) is 0 Å². The van der Waals surface area contributed by atoms with Crippen LogP contribution in [0.3, 0.4) is 0 Å². The maximum Gasteiger partial charge on any atom is 0.123 e. The monoisotopic (exact) mass is 249 g/mol. The van der Waals surface area contributed by atoms with Crippen LogP contribution in [0.1, 0.15) is 0 Å². The topological polar surface area (TPSA) is 35.2 Å². The molecule has 0 atom stereocenters. The number of benzene rings is 2. The van der Waals surface area contributed by atoms with E-state index in [4.69, 9.17) is 10.5 Å². The number of ether oxygens (including phenoxy) is 1. The van der Waals surface area contributed by atoms with Gasteiger partial charge in [-0.15, -0.1) is 0 Å². The van der Waals surface area contributed by atoms with Crippen LogP contribution in [0.4, 0.5) is 10.1 Å². The molecule has 0 saturated carbocycles. The minimum absolute atomic E-state index is 0.243. The lowest BCUT2D eigenvalue weighted by Gasteiger charge is -2.07. The third-order valence-corrected chi connectivity index (χ3v) is 3.34. The average molecular weight is 249 g/mol. The molecule has 17 heavy (non-hydrogen) atoms. The summed E-state index contributed by atoms with van der Waals surface area (Å²) >= 11 is 1.48. The summed E-state index contributed by atoms with van der Waals surface area (Å²) < 4.78 is 17.9. The molecule has 0 spiro atoms. The van der Waals surface area contributed by atoms with Gasteiger partial charge in [0.1, 0.15) is 11.6 Å². The number of anilines is 1. The molecular weight excluding hydrogens is 237 g/mol. The molecular formula is C13H12FNOS. The predicted octanol–water partition coefficient (Wildman–Crippen LogP) is 3.57. The molecule has 2 rings (SSSR count). The Morgan fingerprint density at radius 3 is 2.47 bits per heavy atom. The van der Waals surface area contributed by atoms with E-state index in [1.54, 1.807) is 25.3 Å². The Morgan fingerprint density at radius 1 is 1.12 bits per heavy atom. The van der Waals surface area contributed by atoms with Gasteiger partial charge in [-0.05, 0) is 42.5 Å². The van der Waals surface area contributed by atoms with E-state index in [9.17, 15) is 4.39 Å². The van der Waals surface area contributed by atoms with Gasteiger partial charge in [-0.1, -0.05) is 11.8 Å². The second-order valence-electron chi connectivity index (χ2n) is 3.46. The van der Waals surface area contributed by atoms with E-state index in [1.807, 2.05) is 12.1 Å². The predicted molar refractivity (Wildman–Crippen MR) is 67.9 cm³/mol. The van der Waals surface area contributed by atoms with Gasteiger partial charge in [0.25, 0.3) is 0 Å². The van der Waals surface area contributed by atoms with Crippen LogP contribution in [0.25, 0.3) is 0 Å². The normalized spacial score (nSPS) is 10.2. The van der Waals surface area contributed by atoms with Crippen molar-refractivity contribution < 1.29 is 9.13 Å². The Labute approximate surface area is 104 Å². The summed E-state index contributed by atoms with van der Waals surface area (Å²) in [5.74, 6) is 0.511. The van der Waals surface area contributed by atoms with Crippen molar-refractivity contribution in [1.29, 1.82) is 0 Å². The summed E-state index contributed by atoms with van der Waals surface area (Å²) in [6.07, 6.45) is 0. The maximum absolute atomic E-state index is 12.8. The largest absolute Gasteiger partial charge is 0.497 e. The van der Waals surface area contributed by atoms with E-state index in [0.717, 1.165) is 15.5 Å². The van der Waals surface area contributed by atoms with Gasteiger partial charge < -0.3 is 10.5 Å². The van der Waals surface area contributed by atoms with Crippen LogP contribution < -0.4 is 10.5 Å². The van der Waals surface area contributed by atoms with E-state index in [-0.39, 0.29) is 5.82 Å². The molecule has 0 aliphatic heterocycles. The van der Waals surface area contributed by atoms with Gasteiger partial charge in [0.05, 0.1) is 7.11 Å². The lowest BCUT2D eigenvalue weighted by molar-refractivity contribution is 0.414. The zero-order valence-corrected chi connectivity index (χ0v) is 10.1. The van der Waals surface area contributed by atoms with Crippen molar-refractivity contribution in [1.82, 2.24) is 0 Å². The second kappa shape index (κ2) is 5.10. The summed E-state index contributed by atoms with van der Waals surface area (Å²) in [5, 5.41) is 0. The number of hydrogen-bond donors (Lipinski definition) is 1. The first kappa shape index (κ1) is 11.8. The van der Waals surface area contributed by atoms with E-state index in [2.05, 4.69) is 0 Å². The summed E-state index contributed by atoms with van der Waals surface area (Å²) in [6.45, 7) is 0. The highest BCUT2D eigenvalue weighted by molar-refractivity contribution is 7.99. The van der Waals surface area contributed by atoms with E-state index in [1.165, 1.54) is 23.9 Å². The van der Waals surface area contributed by atoms with E-state index in [0.29, 0.717) is 5.69 Å². The number of nitrogens with two attached hydrogens (primary N) is 1. The smallest absolute Gasteiger partial charge is 0.123 e. The first-order valence-electron chi connectivity index (χ1n) is 5.06. The third kappa shape index (κ3) is 2.91. The van der Waals surface area contributed by atoms with Crippen LogP contribution in [0, 0.1) is 5.82 Å². The lowest BCUT2D eigenvalue weighted by atomic mass is 10.3. The van der Waals surface area contributed by atoms with Gasteiger partial charge in [-0.2, -0.15) is 0 Å². The Bertz CT molecular complexity index is 513. The van der Waals surface area contributed by atoms with Crippen LogP contribution in [-0.2, 0) is 0 Å². The molecule has 4 heteroatoms. The van der Waals surface area contributed by atoms with Crippen molar-refractivity contribution in [3.05, 3.63) is 48.3 Å². The Kier molecular flexibility index (Phi) is 3.54. The van der Waals surface area contributed by atoms with Crippen molar-refractivity contribution in [2.45, 2.75) is 9.79 Å². The number of rotatable bonds is 3. The molecule has 2 nitrogen and oxygen atoms in total. The Morgan fingerprint density at radius 2 is 1.82 bits per heavy atom. The van der Waals surface area contributed by atoms with E-state index < -0.39 is 0 Å². The average Bonchev–Trinajstić information content (AvgIpc) is 2.35. The number of nitrogen functional groups attached to an aromatic ring is 1. The fraction of sp³-hybridized carbons (Fsp3) is 0.0769. The molecule has 0 aromatic heterocycles. The summed E-state index contributed by atoms with van der Waals surface area (Å²) in [7, 11) is 1.61. The minimum atomic E-state index is -0.243. The van der Waals surface area contributed by atoms with Crippen LogP contribution >= 0.6 is 11.8 Å². The standard InChI is InChI=1S/C13H12FNOS/c1-16-10-4-7-12(15)13(8-10)17-11-5-2-9(14)3-6-11/h2-8H,15H2,1H3. The number of halogens is 1. The molecule has 0 aliphatic rings. The van der Waals surface area contributed by atoms with Crippen LogP contribution in [0.5, 0.6) is 5.75 Å².